The van der Waals surface area contributed by atoms with E-state index in [0.717, 1.165) is 12.0 Å². The van der Waals surface area contributed by atoms with Crippen molar-refractivity contribution in [3.63, 3.8) is 0 Å². The standard InChI is InChI=1S/C28H25Cl2N3OS/c1-18-25(26(33-28(32-18)35-2)21-13-14-23(29)24(30)17-21)27(34)31-16-15-22(19-9-5-3-6-10-19)20-11-7-4-8-12-20/h3-14,17,22H,15-16H2,1-2H3,(H,31,34). The molecule has 0 spiro atoms. The lowest BCUT2D eigenvalue weighted by atomic mass is 9.88. The second-order valence-electron chi connectivity index (χ2n) is 8.07. The Hall–Kier alpha value is -2.86. The maximum atomic E-state index is 13.4. The van der Waals surface area contributed by atoms with Crippen molar-refractivity contribution in [3.05, 3.63) is 111 Å². The van der Waals surface area contributed by atoms with Crippen LogP contribution in [-0.4, -0.2) is 28.7 Å². The number of carbonyl (C=O) groups is 1. The number of hydrogen-bond acceptors (Lipinski definition) is 4. The van der Waals surface area contributed by atoms with Crippen molar-refractivity contribution < 1.29 is 4.79 Å². The minimum Gasteiger partial charge on any atom is -0.352 e. The first-order valence-corrected chi connectivity index (χ1v) is 13.2. The van der Waals surface area contributed by atoms with Crippen molar-refractivity contribution in [2.75, 3.05) is 12.8 Å². The Balaban J connectivity index is 1.59. The molecule has 3 aromatic carbocycles. The van der Waals surface area contributed by atoms with E-state index in [1.807, 2.05) is 55.6 Å². The van der Waals surface area contributed by atoms with Gasteiger partial charge in [-0.05, 0) is 42.9 Å². The second kappa shape index (κ2) is 11.7. The molecule has 4 aromatic rings. The zero-order valence-corrected chi connectivity index (χ0v) is 21.8. The minimum atomic E-state index is -0.212. The molecule has 0 bridgehead atoms. The van der Waals surface area contributed by atoms with Crippen molar-refractivity contribution in [2.45, 2.75) is 24.4 Å². The van der Waals surface area contributed by atoms with Crippen LogP contribution in [0.4, 0.5) is 0 Å². The zero-order valence-electron chi connectivity index (χ0n) is 19.5. The summed E-state index contributed by atoms with van der Waals surface area (Å²) < 4.78 is 0. The summed E-state index contributed by atoms with van der Waals surface area (Å²) in [5, 5.41) is 4.55. The highest BCUT2D eigenvalue weighted by Gasteiger charge is 2.21. The average Bonchev–Trinajstić information content (AvgIpc) is 2.88. The van der Waals surface area contributed by atoms with Crippen molar-refractivity contribution in [3.8, 4) is 11.3 Å². The third-order valence-electron chi connectivity index (χ3n) is 5.79. The van der Waals surface area contributed by atoms with Gasteiger partial charge in [0.15, 0.2) is 5.16 Å². The molecule has 0 saturated heterocycles. The van der Waals surface area contributed by atoms with Gasteiger partial charge in [-0.15, -0.1) is 0 Å². The van der Waals surface area contributed by atoms with Gasteiger partial charge in [-0.25, -0.2) is 9.97 Å². The van der Waals surface area contributed by atoms with Crippen LogP contribution >= 0.6 is 35.0 Å². The lowest BCUT2D eigenvalue weighted by Crippen LogP contribution is -2.28. The molecule has 1 aromatic heterocycles. The fourth-order valence-electron chi connectivity index (χ4n) is 4.08. The highest BCUT2D eigenvalue weighted by molar-refractivity contribution is 7.98. The van der Waals surface area contributed by atoms with Crippen LogP contribution in [0.2, 0.25) is 10.0 Å². The Labute approximate surface area is 220 Å². The fraction of sp³-hybridized carbons (Fsp3) is 0.179. The number of amides is 1. The van der Waals surface area contributed by atoms with Gasteiger partial charge >= 0.3 is 0 Å². The number of rotatable bonds is 8. The molecule has 35 heavy (non-hydrogen) atoms. The van der Waals surface area contributed by atoms with E-state index < -0.39 is 0 Å². The second-order valence-corrected chi connectivity index (χ2v) is 9.65. The number of nitrogens with one attached hydrogen (secondary N) is 1. The topological polar surface area (TPSA) is 54.9 Å². The van der Waals surface area contributed by atoms with E-state index in [9.17, 15) is 4.79 Å². The number of thioether (sulfide) groups is 1. The van der Waals surface area contributed by atoms with Gasteiger partial charge in [0, 0.05) is 18.0 Å². The minimum absolute atomic E-state index is 0.170. The normalized spacial score (nSPS) is 11.0. The molecule has 1 heterocycles. The van der Waals surface area contributed by atoms with E-state index in [4.69, 9.17) is 23.2 Å². The lowest BCUT2D eigenvalue weighted by molar-refractivity contribution is 0.0952. The quantitative estimate of drug-likeness (QED) is 0.193. The number of halogens is 2. The Bertz CT molecular complexity index is 1280. The third kappa shape index (κ3) is 6.04. The van der Waals surface area contributed by atoms with Crippen LogP contribution in [0.25, 0.3) is 11.3 Å². The van der Waals surface area contributed by atoms with Crippen molar-refractivity contribution in [1.29, 1.82) is 0 Å². The van der Waals surface area contributed by atoms with Gasteiger partial charge in [-0.3, -0.25) is 4.79 Å². The van der Waals surface area contributed by atoms with Crippen LogP contribution in [0.3, 0.4) is 0 Å². The molecule has 1 amide bonds. The van der Waals surface area contributed by atoms with Gasteiger partial charge in [-0.2, -0.15) is 0 Å². The van der Waals surface area contributed by atoms with Crippen LogP contribution < -0.4 is 5.32 Å². The van der Waals surface area contributed by atoms with Crippen molar-refractivity contribution >= 4 is 40.9 Å². The molecular formula is C28H25Cl2N3OS. The predicted molar refractivity (Wildman–Crippen MR) is 146 cm³/mol. The molecule has 4 nitrogen and oxygen atoms in total. The Kier molecular flexibility index (Phi) is 8.45. The Morgan fingerprint density at radius 1 is 0.914 bits per heavy atom. The monoisotopic (exact) mass is 521 g/mol. The van der Waals surface area contributed by atoms with E-state index in [1.54, 1.807) is 12.1 Å². The highest BCUT2D eigenvalue weighted by atomic mass is 35.5. The molecule has 0 fully saturated rings. The van der Waals surface area contributed by atoms with Crippen LogP contribution in [0.5, 0.6) is 0 Å². The van der Waals surface area contributed by atoms with E-state index in [2.05, 4.69) is 39.6 Å². The number of hydrogen-bond donors (Lipinski definition) is 1. The number of aromatic nitrogens is 2. The number of carbonyl (C=O) groups excluding carboxylic acids is 1. The maximum absolute atomic E-state index is 13.4. The molecule has 0 radical (unpaired) electrons. The van der Waals surface area contributed by atoms with Crippen LogP contribution in [0, 0.1) is 6.92 Å². The van der Waals surface area contributed by atoms with Crippen molar-refractivity contribution in [1.82, 2.24) is 15.3 Å². The maximum Gasteiger partial charge on any atom is 0.255 e. The summed E-state index contributed by atoms with van der Waals surface area (Å²) in [6.45, 7) is 2.33. The molecule has 0 aliphatic rings. The SMILES string of the molecule is CSc1nc(C)c(C(=O)NCCC(c2ccccc2)c2ccccc2)c(-c2ccc(Cl)c(Cl)c2)n1. The van der Waals surface area contributed by atoms with Gasteiger partial charge in [0.25, 0.3) is 5.91 Å². The van der Waals surface area contributed by atoms with E-state index in [-0.39, 0.29) is 11.8 Å². The Morgan fingerprint density at radius 3 is 2.11 bits per heavy atom. The number of nitrogens with zero attached hydrogens (tertiary/aromatic N) is 2. The molecule has 0 aliphatic carbocycles. The third-order valence-corrected chi connectivity index (χ3v) is 7.08. The smallest absolute Gasteiger partial charge is 0.255 e. The lowest BCUT2D eigenvalue weighted by Gasteiger charge is -2.19. The van der Waals surface area contributed by atoms with Gasteiger partial charge in [0.2, 0.25) is 0 Å². The van der Waals surface area contributed by atoms with E-state index in [1.165, 1.54) is 22.9 Å². The molecule has 178 valence electrons. The van der Waals surface area contributed by atoms with Gasteiger partial charge in [0.1, 0.15) is 0 Å². The molecule has 7 heteroatoms. The Morgan fingerprint density at radius 2 is 1.54 bits per heavy atom. The van der Waals surface area contributed by atoms with Crippen molar-refractivity contribution in [2.24, 2.45) is 0 Å². The zero-order chi connectivity index (χ0) is 24.8. The molecule has 4 rings (SSSR count). The first-order valence-electron chi connectivity index (χ1n) is 11.2. The number of benzene rings is 3. The summed E-state index contributed by atoms with van der Waals surface area (Å²) >= 11 is 13.8. The van der Waals surface area contributed by atoms with Gasteiger partial charge < -0.3 is 5.32 Å². The summed E-state index contributed by atoms with van der Waals surface area (Å²) in [6.07, 6.45) is 2.66. The summed E-state index contributed by atoms with van der Waals surface area (Å²) in [5.41, 5.74) is 4.75. The molecular weight excluding hydrogens is 497 g/mol. The molecule has 1 N–H and O–H groups in total. The largest absolute Gasteiger partial charge is 0.352 e. The summed E-state index contributed by atoms with van der Waals surface area (Å²) in [5.74, 6) is -0.0421. The van der Waals surface area contributed by atoms with Crippen LogP contribution in [0.1, 0.15) is 39.5 Å². The van der Waals surface area contributed by atoms with Gasteiger partial charge in [-0.1, -0.05) is 102 Å². The van der Waals surface area contributed by atoms with Gasteiger partial charge in [0.05, 0.1) is 27.0 Å². The summed E-state index contributed by atoms with van der Waals surface area (Å²) in [7, 11) is 0. The predicted octanol–water partition coefficient (Wildman–Crippen LogP) is 7.43. The first kappa shape index (κ1) is 25.2. The number of aryl methyl sites for hydroxylation is 1. The van der Waals surface area contributed by atoms with Crippen LogP contribution in [0.15, 0.2) is 84.0 Å². The summed E-state index contributed by atoms with van der Waals surface area (Å²) in [6, 6.07) is 26.0. The summed E-state index contributed by atoms with van der Waals surface area (Å²) in [4.78, 5) is 22.6. The molecule has 0 saturated carbocycles. The van der Waals surface area contributed by atoms with E-state index in [0.29, 0.717) is 38.7 Å². The highest BCUT2D eigenvalue weighted by Crippen LogP contribution is 2.32. The van der Waals surface area contributed by atoms with E-state index >= 15 is 0 Å². The molecule has 0 unspecified atom stereocenters. The first-order chi connectivity index (χ1) is 17.0. The van der Waals surface area contributed by atoms with Crippen LogP contribution in [-0.2, 0) is 0 Å². The average molecular weight is 523 g/mol. The molecule has 0 aliphatic heterocycles. The fourth-order valence-corrected chi connectivity index (χ4v) is 4.79. The molecule has 0 atom stereocenters.